The number of halogens is 1. The van der Waals surface area contributed by atoms with Gasteiger partial charge in [-0.15, -0.1) is 0 Å². The standard InChI is InChI=1S/C26H24ClN5O2/c1-16-8-11-21(12-9-16)32-23-13-10-19(25(33)28-17(2)26-29-18(3)30-34-26)14-20(23)15-31(32)24-7-5-4-6-22(24)27/h4-14,17H,15H2,1-3H3,(H,28,33)/t17-/m1/s1. The van der Waals surface area contributed by atoms with E-state index in [2.05, 4.69) is 56.7 Å². The maximum absolute atomic E-state index is 13.0. The molecule has 1 aliphatic heterocycles. The highest BCUT2D eigenvalue weighted by Gasteiger charge is 2.31. The largest absolute Gasteiger partial charge is 0.341 e. The van der Waals surface area contributed by atoms with Crippen LogP contribution in [0.25, 0.3) is 0 Å². The Morgan fingerprint density at radius 2 is 1.82 bits per heavy atom. The number of aromatic nitrogens is 2. The van der Waals surface area contributed by atoms with Crippen LogP contribution in [0.15, 0.2) is 71.3 Å². The summed E-state index contributed by atoms with van der Waals surface area (Å²) < 4.78 is 5.18. The molecule has 1 aromatic heterocycles. The van der Waals surface area contributed by atoms with Crippen LogP contribution in [0.3, 0.4) is 0 Å². The fourth-order valence-corrected chi connectivity index (χ4v) is 4.30. The van der Waals surface area contributed by atoms with Crippen molar-refractivity contribution in [3.05, 3.63) is 100 Å². The molecule has 0 fully saturated rings. The van der Waals surface area contributed by atoms with Crippen LogP contribution in [0.1, 0.15) is 46.2 Å². The number of para-hydroxylation sites is 1. The highest BCUT2D eigenvalue weighted by Crippen LogP contribution is 2.42. The van der Waals surface area contributed by atoms with E-state index in [1.165, 1.54) is 5.56 Å². The van der Waals surface area contributed by atoms with Crippen LogP contribution in [0.4, 0.5) is 17.1 Å². The number of carbonyl (C=O) groups is 1. The molecule has 1 N–H and O–H groups in total. The van der Waals surface area contributed by atoms with E-state index in [0.29, 0.717) is 28.8 Å². The second-order valence-electron chi connectivity index (χ2n) is 8.37. The lowest BCUT2D eigenvalue weighted by Gasteiger charge is -2.32. The first-order valence-corrected chi connectivity index (χ1v) is 11.4. The molecule has 0 aliphatic carbocycles. The molecule has 0 bridgehead atoms. The van der Waals surface area contributed by atoms with Crippen molar-refractivity contribution >= 4 is 34.6 Å². The quantitative estimate of drug-likeness (QED) is 0.388. The lowest BCUT2D eigenvalue weighted by atomic mass is 10.1. The van der Waals surface area contributed by atoms with E-state index in [1.54, 1.807) is 6.92 Å². The van der Waals surface area contributed by atoms with Crippen LogP contribution in [0.2, 0.25) is 5.02 Å². The van der Waals surface area contributed by atoms with E-state index in [4.69, 9.17) is 16.1 Å². The molecular formula is C26H24ClN5O2. The van der Waals surface area contributed by atoms with Gasteiger partial charge in [-0.05, 0) is 68.8 Å². The third-order valence-electron chi connectivity index (χ3n) is 5.80. The number of anilines is 3. The Morgan fingerprint density at radius 1 is 1.06 bits per heavy atom. The second kappa shape index (κ2) is 8.83. The second-order valence-corrected chi connectivity index (χ2v) is 8.78. The summed E-state index contributed by atoms with van der Waals surface area (Å²) in [4.78, 5) is 17.2. The number of fused-ring (bicyclic) bond motifs is 1. The van der Waals surface area contributed by atoms with Crippen LogP contribution in [0.5, 0.6) is 0 Å². The van der Waals surface area contributed by atoms with Crippen LogP contribution in [0, 0.1) is 13.8 Å². The van der Waals surface area contributed by atoms with Crippen molar-refractivity contribution in [2.75, 3.05) is 10.0 Å². The highest BCUT2D eigenvalue weighted by molar-refractivity contribution is 6.33. The molecule has 1 amide bonds. The first kappa shape index (κ1) is 22.0. The van der Waals surface area contributed by atoms with Gasteiger partial charge in [0.2, 0.25) is 5.89 Å². The Bertz CT molecular complexity index is 1350. The predicted octanol–water partition coefficient (Wildman–Crippen LogP) is 5.90. The SMILES string of the molecule is Cc1ccc(N2c3ccc(C(=O)N[C@H](C)c4nc(C)no4)cc3CN2c2ccccc2Cl)cc1. The maximum atomic E-state index is 13.0. The number of amides is 1. The topological polar surface area (TPSA) is 74.5 Å². The van der Waals surface area contributed by atoms with Crippen molar-refractivity contribution in [2.45, 2.75) is 33.4 Å². The third kappa shape index (κ3) is 4.10. The molecule has 5 rings (SSSR count). The molecule has 0 spiro atoms. The van der Waals surface area contributed by atoms with E-state index < -0.39 is 6.04 Å². The van der Waals surface area contributed by atoms with Gasteiger partial charge >= 0.3 is 0 Å². The molecule has 2 heterocycles. The molecule has 3 aromatic carbocycles. The summed E-state index contributed by atoms with van der Waals surface area (Å²) in [6.07, 6.45) is 0. The summed E-state index contributed by atoms with van der Waals surface area (Å²) in [5, 5.41) is 11.7. The Labute approximate surface area is 202 Å². The van der Waals surface area contributed by atoms with Gasteiger partial charge in [0.1, 0.15) is 6.04 Å². The van der Waals surface area contributed by atoms with Crippen molar-refractivity contribution in [1.82, 2.24) is 15.5 Å². The summed E-state index contributed by atoms with van der Waals surface area (Å²) in [6, 6.07) is 21.4. The summed E-state index contributed by atoms with van der Waals surface area (Å²) in [5.74, 6) is 0.705. The minimum absolute atomic E-state index is 0.204. The van der Waals surface area contributed by atoms with Crippen molar-refractivity contribution in [1.29, 1.82) is 0 Å². The van der Waals surface area contributed by atoms with Crippen LogP contribution in [-0.2, 0) is 6.54 Å². The monoisotopic (exact) mass is 473 g/mol. The van der Waals surface area contributed by atoms with E-state index in [-0.39, 0.29) is 5.91 Å². The zero-order valence-corrected chi connectivity index (χ0v) is 19.9. The third-order valence-corrected chi connectivity index (χ3v) is 6.12. The van der Waals surface area contributed by atoms with Crippen molar-refractivity contribution in [2.24, 2.45) is 0 Å². The molecule has 1 atom stereocenters. The minimum Gasteiger partial charge on any atom is -0.341 e. The molecule has 8 heteroatoms. The molecule has 0 saturated carbocycles. The summed E-state index contributed by atoms with van der Waals surface area (Å²) in [5.41, 5.74) is 5.68. The van der Waals surface area contributed by atoms with E-state index >= 15 is 0 Å². The Kier molecular flexibility index (Phi) is 5.71. The van der Waals surface area contributed by atoms with Crippen LogP contribution in [-0.4, -0.2) is 16.0 Å². The van der Waals surface area contributed by atoms with Gasteiger partial charge in [0, 0.05) is 5.56 Å². The minimum atomic E-state index is -0.398. The number of hydrogen-bond donors (Lipinski definition) is 1. The van der Waals surface area contributed by atoms with Crippen LogP contribution < -0.4 is 15.3 Å². The fraction of sp³-hybridized carbons (Fsp3) is 0.192. The van der Waals surface area contributed by atoms with E-state index in [0.717, 1.165) is 22.6 Å². The highest BCUT2D eigenvalue weighted by atomic mass is 35.5. The van der Waals surface area contributed by atoms with Crippen molar-refractivity contribution in [3.8, 4) is 0 Å². The van der Waals surface area contributed by atoms with Gasteiger partial charge in [-0.1, -0.05) is 46.6 Å². The number of hydrogen-bond acceptors (Lipinski definition) is 6. The molecular weight excluding hydrogens is 450 g/mol. The summed E-state index contributed by atoms with van der Waals surface area (Å²) in [7, 11) is 0. The van der Waals surface area contributed by atoms with Crippen molar-refractivity contribution in [3.63, 3.8) is 0 Å². The number of nitrogens with one attached hydrogen (secondary N) is 1. The summed E-state index contributed by atoms with van der Waals surface area (Å²) >= 11 is 6.57. The average Bonchev–Trinajstić information content (AvgIpc) is 3.43. The molecule has 0 radical (unpaired) electrons. The number of rotatable bonds is 5. The lowest BCUT2D eigenvalue weighted by Crippen LogP contribution is -2.33. The predicted molar refractivity (Wildman–Crippen MR) is 132 cm³/mol. The number of aryl methyl sites for hydroxylation is 2. The molecule has 0 unspecified atom stereocenters. The number of nitrogens with zero attached hydrogens (tertiary/aromatic N) is 4. The normalized spacial score (nSPS) is 13.6. The Morgan fingerprint density at radius 3 is 2.53 bits per heavy atom. The van der Waals surface area contributed by atoms with Gasteiger partial charge in [0.15, 0.2) is 5.82 Å². The van der Waals surface area contributed by atoms with Crippen LogP contribution >= 0.6 is 11.6 Å². The first-order chi connectivity index (χ1) is 16.4. The number of benzene rings is 3. The van der Waals surface area contributed by atoms with E-state index in [9.17, 15) is 4.79 Å². The van der Waals surface area contributed by atoms with Crippen molar-refractivity contribution < 1.29 is 9.32 Å². The van der Waals surface area contributed by atoms with Gasteiger partial charge in [-0.3, -0.25) is 14.8 Å². The lowest BCUT2D eigenvalue weighted by molar-refractivity contribution is 0.0932. The van der Waals surface area contributed by atoms with Gasteiger partial charge in [-0.25, -0.2) is 0 Å². The first-order valence-electron chi connectivity index (χ1n) is 11.0. The Hall–Kier alpha value is -3.84. The zero-order valence-electron chi connectivity index (χ0n) is 19.1. The fourth-order valence-electron chi connectivity index (χ4n) is 4.07. The van der Waals surface area contributed by atoms with Gasteiger partial charge in [0.25, 0.3) is 5.91 Å². The number of hydrazine groups is 1. The smallest absolute Gasteiger partial charge is 0.251 e. The Balaban J connectivity index is 1.48. The molecule has 4 aromatic rings. The number of carbonyl (C=O) groups excluding carboxylic acids is 1. The molecule has 0 saturated heterocycles. The maximum Gasteiger partial charge on any atom is 0.251 e. The van der Waals surface area contributed by atoms with Gasteiger partial charge in [0.05, 0.1) is 28.6 Å². The van der Waals surface area contributed by atoms with Gasteiger partial charge in [-0.2, -0.15) is 4.98 Å². The molecule has 34 heavy (non-hydrogen) atoms. The molecule has 1 aliphatic rings. The molecule has 7 nitrogen and oxygen atoms in total. The molecule has 172 valence electrons. The zero-order chi connectivity index (χ0) is 23.8. The van der Waals surface area contributed by atoms with Gasteiger partial charge < -0.3 is 9.84 Å². The van der Waals surface area contributed by atoms with E-state index in [1.807, 2.05) is 49.4 Å². The average molecular weight is 474 g/mol. The summed E-state index contributed by atoms with van der Waals surface area (Å²) in [6.45, 7) is 6.20.